The van der Waals surface area contributed by atoms with E-state index in [0.29, 0.717) is 0 Å². The number of anilines is 3. The van der Waals surface area contributed by atoms with Crippen molar-refractivity contribution < 1.29 is 0 Å². The van der Waals surface area contributed by atoms with Crippen molar-refractivity contribution in [1.82, 2.24) is 0 Å². The number of para-hydroxylation sites is 1. The van der Waals surface area contributed by atoms with Gasteiger partial charge >= 0.3 is 0 Å². The zero-order valence-corrected chi connectivity index (χ0v) is 30.3. The molecule has 0 aliphatic rings. The molecule has 0 aliphatic heterocycles. The average Bonchev–Trinajstić information content (AvgIpc) is 3.27. The first-order valence-electron chi connectivity index (χ1n) is 18.9. The van der Waals surface area contributed by atoms with Crippen LogP contribution in [0.4, 0.5) is 17.1 Å². The highest BCUT2D eigenvalue weighted by Crippen LogP contribution is 2.46. The largest absolute Gasteiger partial charge is 0.310 e. The molecule has 0 atom stereocenters. The minimum Gasteiger partial charge on any atom is -0.310 e. The smallest absolute Gasteiger partial charge is 0.0540 e. The summed E-state index contributed by atoms with van der Waals surface area (Å²) in [4.78, 5) is 2.44. The fourth-order valence-electron chi connectivity index (χ4n) is 8.20. The summed E-state index contributed by atoms with van der Waals surface area (Å²) < 4.78 is 0. The molecule has 10 aromatic carbocycles. The third-order valence-corrected chi connectivity index (χ3v) is 10.8. The number of fused-ring (bicyclic) bond motifs is 4. The van der Waals surface area contributed by atoms with E-state index >= 15 is 0 Å². The Morgan fingerprint density at radius 1 is 0.236 bits per heavy atom. The Morgan fingerprint density at radius 2 is 0.764 bits per heavy atom. The van der Waals surface area contributed by atoms with Crippen molar-refractivity contribution in [2.75, 3.05) is 4.90 Å². The molecule has 0 spiro atoms. The molecule has 10 rings (SSSR count). The van der Waals surface area contributed by atoms with E-state index in [-0.39, 0.29) is 0 Å². The minimum atomic E-state index is 1.10. The highest BCUT2D eigenvalue weighted by molar-refractivity contribution is 6.09. The van der Waals surface area contributed by atoms with Gasteiger partial charge in [-0.2, -0.15) is 0 Å². The molecule has 0 aromatic heterocycles. The zero-order chi connectivity index (χ0) is 36.6. The van der Waals surface area contributed by atoms with Gasteiger partial charge in [-0.1, -0.05) is 188 Å². The molecular formula is C54H37N. The monoisotopic (exact) mass is 699 g/mol. The highest BCUT2D eigenvalue weighted by Gasteiger charge is 2.21. The second-order valence-corrected chi connectivity index (χ2v) is 14.1. The first-order chi connectivity index (χ1) is 27.3. The van der Waals surface area contributed by atoms with Crippen LogP contribution < -0.4 is 4.90 Å². The topological polar surface area (TPSA) is 3.24 Å². The van der Waals surface area contributed by atoms with Gasteiger partial charge in [-0.05, 0) is 108 Å². The van der Waals surface area contributed by atoms with Crippen LogP contribution in [0.15, 0.2) is 224 Å². The average molecular weight is 700 g/mol. The third-order valence-electron chi connectivity index (χ3n) is 10.8. The van der Waals surface area contributed by atoms with Crippen LogP contribution in [0.3, 0.4) is 0 Å². The van der Waals surface area contributed by atoms with Crippen molar-refractivity contribution in [2.24, 2.45) is 0 Å². The molecule has 0 saturated carbocycles. The molecule has 0 N–H and O–H groups in total. The Hall–Kier alpha value is -7.22. The van der Waals surface area contributed by atoms with Gasteiger partial charge in [-0.25, -0.2) is 0 Å². The first-order valence-corrected chi connectivity index (χ1v) is 18.9. The van der Waals surface area contributed by atoms with E-state index in [1.54, 1.807) is 0 Å². The Morgan fingerprint density at radius 3 is 1.58 bits per heavy atom. The lowest BCUT2D eigenvalue weighted by Crippen LogP contribution is -2.11. The van der Waals surface area contributed by atoms with E-state index in [0.717, 1.165) is 22.6 Å². The Labute approximate surface area is 322 Å². The molecule has 258 valence electrons. The summed E-state index contributed by atoms with van der Waals surface area (Å²) in [6.07, 6.45) is 0. The summed E-state index contributed by atoms with van der Waals surface area (Å²) in [5.74, 6) is 0. The molecule has 55 heavy (non-hydrogen) atoms. The predicted octanol–water partition coefficient (Wildman–Crippen LogP) is 15.3. The predicted molar refractivity (Wildman–Crippen MR) is 235 cm³/mol. The van der Waals surface area contributed by atoms with Crippen LogP contribution in [0.2, 0.25) is 0 Å². The number of rotatable bonds is 7. The number of hydrogen-bond acceptors (Lipinski definition) is 1. The van der Waals surface area contributed by atoms with E-state index in [2.05, 4.69) is 229 Å². The molecule has 0 aliphatic carbocycles. The van der Waals surface area contributed by atoms with Gasteiger partial charge in [0.05, 0.1) is 5.69 Å². The SMILES string of the molecule is c1ccc(-c2ccccc2-c2ccccc2-c2ccccc2N(c2cccc(-c3ccc4ccccc4c3)c2)c2ccc3c(ccc4ccccc43)c2)cc1. The van der Waals surface area contributed by atoms with E-state index in [1.165, 1.54) is 71.3 Å². The van der Waals surface area contributed by atoms with Gasteiger partial charge in [-0.3, -0.25) is 0 Å². The molecule has 1 nitrogen and oxygen atoms in total. The van der Waals surface area contributed by atoms with Gasteiger partial charge < -0.3 is 4.90 Å². The summed E-state index contributed by atoms with van der Waals surface area (Å²) >= 11 is 0. The normalized spacial score (nSPS) is 11.3. The summed E-state index contributed by atoms with van der Waals surface area (Å²) in [6.45, 7) is 0. The quantitative estimate of drug-likeness (QED) is 0.150. The van der Waals surface area contributed by atoms with Crippen LogP contribution in [-0.4, -0.2) is 0 Å². The van der Waals surface area contributed by atoms with Gasteiger partial charge in [0.1, 0.15) is 0 Å². The highest BCUT2D eigenvalue weighted by atomic mass is 15.1. The second kappa shape index (κ2) is 14.0. The van der Waals surface area contributed by atoms with Crippen molar-refractivity contribution >= 4 is 49.4 Å². The van der Waals surface area contributed by atoms with E-state index < -0.39 is 0 Å². The van der Waals surface area contributed by atoms with Crippen LogP contribution >= 0.6 is 0 Å². The summed E-state index contributed by atoms with van der Waals surface area (Å²) in [6, 6.07) is 81.6. The van der Waals surface area contributed by atoms with Gasteiger partial charge in [0.2, 0.25) is 0 Å². The number of nitrogens with zero attached hydrogens (tertiary/aromatic N) is 1. The van der Waals surface area contributed by atoms with Crippen LogP contribution in [0, 0.1) is 0 Å². The van der Waals surface area contributed by atoms with Crippen LogP contribution in [0.25, 0.3) is 76.8 Å². The van der Waals surface area contributed by atoms with Crippen LogP contribution in [-0.2, 0) is 0 Å². The van der Waals surface area contributed by atoms with Crippen molar-refractivity contribution in [3.8, 4) is 44.5 Å². The summed E-state index contributed by atoms with van der Waals surface area (Å²) in [5.41, 5.74) is 12.9. The molecule has 0 fully saturated rings. The second-order valence-electron chi connectivity index (χ2n) is 14.1. The fourth-order valence-corrected chi connectivity index (χ4v) is 8.20. The Bertz CT molecular complexity index is 2990. The van der Waals surface area contributed by atoms with Gasteiger partial charge in [0.15, 0.2) is 0 Å². The van der Waals surface area contributed by atoms with Gasteiger partial charge in [-0.15, -0.1) is 0 Å². The van der Waals surface area contributed by atoms with Crippen LogP contribution in [0.5, 0.6) is 0 Å². The molecule has 0 saturated heterocycles. The third kappa shape index (κ3) is 6.02. The maximum atomic E-state index is 2.44. The lowest BCUT2D eigenvalue weighted by atomic mass is 9.88. The molecule has 10 aromatic rings. The minimum absolute atomic E-state index is 1.10. The van der Waals surface area contributed by atoms with Gasteiger partial charge in [0.25, 0.3) is 0 Å². The number of benzene rings is 10. The van der Waals surface area contributed by atoms with Crippen molar-refractivity contribution in [2.45, 2.75) is 0 Å². The first kappa shape index (κ1) is 32.4. The summed E-state index contributed by atoms with van der Waals surface area (Å²) in [5, 5.41) is 7.46. The Kier molecular flexibility index (Phi) is 8.24. The molecule has 0 bridgehead atoms. The standard InChI is InChI=1S/C54H37N/c1-2-16-39(17-3-1)48-23-8-9-24-50(48)51-25-10-11-26-52(51)53-27-12-13-28-54(53)55(46-33-34-49-44(37-46)32-30-40-18-6-7-22-47(40)49)45-21-14-20-42(36-45)43-31-29-38-15-4-5-19-41(38)35-43/h1-37H. The molecule has 1 heteroatoms. The van der Waals surface area contributed by atoms with Gasteiger partial charge in [0, 0.05) is 16.9 Å². The molecule has 0 heterocycles. The van der Waals surface area contributed by atoms with Crippen molar-refractivity contribution in [3.05, 3.63) is 224 Å². The molecule has 0 radical (unpaired) electrons. The number of hydrogen-bond donors (Lipinski definition) is 0. The van der Waals surface area contributed by atoms with Crippen LogP contribution in [0.1, 0.15) is 0 Å². The van der Waals surface area contributed by atoms with E-state index in [4.69, 9.17) is 0 Å². The van der Waals surface area contributed by atoms with Crippen molar-refractivity contribution in [1.29, 1.82) is 0 Å². The molecular weight excluding hydrogens is 663 g/mol. The Balaban J connectivity index is 1.18. The van der Waals surface area contributed by atoms with E-state index in [1.807, 2.05) is 0 Å². The molecule has 0 amide bonds. The molecule has 0 unspecified atom stereocenters. The fraction of sp³-hybridized carbons (Fsp3) is 0. The maximum absolute atomic E-state index is 2.44. The summed E-state index contributed by atoms with van der Waals surface area (Å²) in [7, 11) is 0. The van der Waals surface area contributed by atoms with Crippen molar-refractivity contribution in [3.63, 3.8) is 0 Å². The van der Waals surface area contributed by atoms with E-state index in [9.17, 15) is 0 Å². The maximum Gasteiger partial charge on any atom is 0.0540 e. The zero-order valence-electron chi connectivity index (χ0n) is 30.3. The lowest BCUT2D eigenvalue weighted by Gasteiger charge is -2.29. The lowest BCUT2D eigenvalue weighted by molar-refractivity contribution is 1.29.